The van der Waals surface area contributed by atoms with Crippen molar-refractivity contribution >= 4 is 23.5 Å². The number of carboxylic acid groups (broad SMARTS) is 2. The molecule has 0 saturated heterocycles. The van der Waals surface area contributed by atoms with Crippen LogP contribution < -0.4 is 5.32 Å². The highest BCUT2D eigenvalue weighted by Gasteiger charge is 2.22. The Hall–Kier alpha value is -2.97. The Labute approximate surface area is 118 Å². The average Bonchev–Trinajstić information content (AvgIpc) is 2.42. The molecule has 0 aromatic heterocycles. The minimum absolute atomic E-state index is 0.0780. The largest absolute Gasteiger partial charge is 0.481 e. The van der Waals surface area contributed by atoms with Crippen LogP contribution in [0.3, 0.4) is 0 Å². The first-order valence-electron chi connectivity index (χ1n) is 5.81. The number of hydrogen-bond donors (Lipinski definition) is 3. The molecule has 1 rings (SSSR count). The van der Waals surface area contributed by atoms with Crippen molar-refractivity contribution in [2.45, 2.75) is 18.9 Å². The summed E-state index contributed by atoms with van der Waals surface area (Å²) in [4.78, 5) is 43.1. The summed E-state index contributed by atoms with van der Waals surface area (Å²) in [6.45, 7) is 0. The van der Waals surface area contributed by atoms with Crippen LogP contribution in [0, 0.1) is 10.1 Å². The molecule has 0 aliphatic carbocycles. The first kappa shape index (κ1) is 16.1. The van der Waals surface area contributed by atoms with E-state index < -0.39 is 35.2 Å². The molecule has 0 spiro atoms. The molecule has 0 aliphatic heterocycles. The van der Waals surface area contributed by atoms with Gasteiger partial charge in [0.05, 0.1) is 4.92 Å². The van der Waals surface area contributed by atoms with Crippen LogP contribution in [0.25, 0.3) is 0 Å². The molecule has 1 aromatic carbocycles. The number of nitro benzene ring substituents is 1. The zero-order valence-corrected chi connectivity index (χ0v) is 10.7. The molecule has 0 radical (unpaired) electrons. The van der Waals surface area contributed by atoms with Crippen LogP contribution in [0.5, 0.6) is 0 Å². The van der Waals surface area contributed by atoms with Crippen LogP contribution >= 0.6 is 0 Å². The predicted molar refractivity (Wildman–Crippen MR) is 68.9 cm³/mol. The molecule has 1 atom stereocenters. The number of aliphatic carboxylic acids is 2. The lowest BCUT2D eigenvalue weighted by molar-refractivity contribution is -0.384. The third-order valence-corrected chi connectivity index (χ3v) is 2.57. The Morgan fingerprint density at radius 1 is 1.29 bits per heavy atom. The van der Waals surface area contributed by atoms with E-state index in [1.54, 1.807) is 0 Å². The fourth-order valence-electron chi connectivity index (χ4n) is 1.53. The highest BCUT2D eigenvalue weighted by molar-refractivity contribution is 5.97. The van der Waals surface area contributed by atoms with Gasteiger partial charge in [0.25, 0.3) is 11.6 Å². The topological polar surface area (TPSA) is 147 Å². The summed E-state index contributed by atoms with van der Waals surface area (Å²) in [6, 6.07) is 3.40. The van der Waals surface area contributed by atoms with Gasteiger partial charge in [-0.05, 0) is 12.5 Å². The predicted octanol–water partition coefficient (Wildman–Crippen LogP) is 0.643. The molecule has 0 saturated carbocycles. The summed E-state index contributed by atoms with van der Waals surface area (Å²) in [7, 11) is 0. The SMILES string of the molecule is O=C(O)CC[C@H](NC(=O)c1cccc([N+](=O)[O-])c1)C(=O)O. The fourth-order valence-corrected chi connectivity index (χ4v) is 1.53. The normalized spacial score (nSPS) is 11.4. The van der Waals surface area contributed by atoms with Gasteiger partial charge in [-0.1, -0.05) is 6.07 Å². The van der Waals surface area contributed by atoms with Crippen LogP contribution in [0.4, 0.5) is 5.69 Å². The Balaban J connectivity index is 2.82. The Morgan fingerprint density at radius 2 is 1.95 bits per heavy atom. The minimum Gasteiger partial charge on any atom is -0.481 e. The smallest absolute Gasteiger partial charge is 0.326 e. The van der Waals surface area contributed by atoms with E-state index in [-0.39, 0.29) is 17.7 Å². The van der Waals surface area contributed by atoms with Gasteiger partial charge in [-0.15, -0.1) is 0 Å². The highest BCUT2D eigenvalue weighted by atomic mass is 16.6. The molecular formula is C12H12N2O7. The minimum atomic E-state index is -1.38. The van der Waals surface area contributed by atoms with Crippen molar-refractivity contribution < 1.29 is 29.5 Å². The van der Waals surface area contributed by atoms with E-state index in [9.17, 15) is 24.5 Å². The molecule has 21 heavy (non-hydrogen) atoms. The number of nitrogens with one attached hydrogen (secondary N) is 1. The number of carboxylic acids is 2. The Morgan fingerprint density at radius 3 is 2.48 bits per heavy atom. The summed E-state index contributed by atoms with van der Waals surface area (Å²) in [6.07, 6.45) is -0.711. The first-order chi connectivity index (χ1) is 9.81. The van der Waals surface area contributed by atoms with Gasteiger partial charge in [-0.25, -0.2) is 4.79 Å². The van der Waals surface area contributed by atoms with Crippen LogP contribution in [0.1, 0.15) is 23.2 Å². The van der Waals surface area contributed by atoms with Crippen molar-refractivity contribution in [3.8, 4) is 0 Å². The second-order valence-corrected chi connectivity index (χ2v) is 4.10. The van der Waals surface area contributed by atoms with Crippen molar-refractivity contribution in [1.29, 1.82) is 0 Å². The van der Waals surface area contributed by atoms with Gasteiger partial charge in [-0.3, -0.25) is 19.7 Å². The van der Waals surface area contributed by atoms with Crippen molar-refractivity contribution in [3.05, 3.63) is 39.9 Å². The molecule has 0 unspecified atom stereocenters. The lowest BCUT2D eigenvalue weighted by atomic mass is 10.1. The third-order valence-electron chi connectivity index (χ3n) is 2.57. The number of amides is 1. The van der Waals surface area contributed by atoms with E-state index in [0.717, 1.165) is 6.07 Å². The maximum absolute atomic E-state index is 11.8. The van der Waals surface area contributed by atoms with Crippen molar-refractivity contribution in [3.63, 3.8) is 0 Å². The molecule has 0 heterocycles. The highest BCUT2D eigenvalue weighted by Crippen LogP contribution is 2.13. The van der Waals surface area contributed by atoms with Crippen LogP contribution in [-0.4, -0.2) is 39.0 Å². The molecular weight excluding hydrogens is 284 g/mol. The van der Waals surface area contributed by atoms with E-state index in [1.807, 2.05) is 0 Å². The van der Waals surface area contributed by atoms with Crippen molar-refractivity contribution in [2.24, 2.45) is 0 Å². The third kappa shape index (κ3) is 4.90. The number of hydrogen-bond acceptors (Lipinski definition) is 5. The number of non-ortho nitro benzene ring substituents is 1. The Bertz CT molecular complexity index is 585. The summed E-state index contributed by atoms with van der Waals surface area (Å²) in [5.41, 5.74) is -0.383. The zero-order valence-electron chi connectivity index (χ0n) is 10.7. The lowest BCUT2D eigenvalue weighted by Crippen LogP contribution is -2.41. The molecule has 112 valence electrons. The van der Waals surface area contributed by atoms with Crippen molar-refractivity contribution in [2.75, 3.05) is 0 Å². The number of nitrogens with zero attached hydrogens (tertiary/aromatic N) is 1. The molecule has 0 bridgehead atoms. The molecule has 9 nitrogen and oxygen atoms in total. The van der Waals surface area contributed by atoms with E-state index in [4.69, 9.17) is 10.2 Å². The average molecular weight is 296 g/mol. The second-order valence-electron chi connectivity index (χ2n) is 4.10. The molecule has 0 aliphatic rings. The summed E-state index contributed by atoms with van der Waals surface area (Å²) >= 11 is 0. The van der Waals surface area contributed by atoms with Crippen LogP contribution in [0.15, 0.2) is 24.3 Å². The van der Waals surface area contributed by atoms with E-state index in [0.29, 0.717) is 0 Å². The fraction of sp³-hybridized carbons (Fsp3) is 0.250. The summed E-state index contributed by atoms with van der Waals surface area (Å²) < 4.78 is 0. The van der Waals surface area contributed by atoms with Gasteiger partial charge >= 0.3 is 11.9 Å². The monoisotopic (exact) mass is 296 g/mol. The van der Waals surface area contributed by atoms with E-state index >= 15 is 0 Å². The number of benzene rings is 1. The van der Waals surface area contributed by atoms with Gasteiger partial charge in [-0.2, -0.15) is 0 Å². The zero-order chi connectivity index (χ0) is 16.0. The van der Waals surface area contributed by atoms with Gasteiger partial charge in [0.2, 0.25) is 0 Å². The maximum Gasteiger partial charge on any atom is 0.326 e. The molecule has 9 heteroatoms. The van der Waals surface area contributed by atoms with E-state index in [2.05, 4.69) is 5.32 Å². The quantitative estimate of drug-likeness (QED) is 0.494. The van der Waals surface area contributed by atoms with Gasteiger partial charge in [0.1, 0.15) is 6.04 Å². The van der Waals surface area contributed by atoms with Crippen molar-refractivity contribution in [1.82, 2.24) is 5.32 Å². The first-order valence-corrected chi connectivity index (χ1v) is 5.81. The summed E-state index contributed by atoms with van der Waals surface area (Å²) in [5, 5.41) is 30.1. The van der Waals surface area contributed by atoms with Gasteiger partial charge in [0.15, 0.2) is 0 Å². The van der Waals surface area contributed by atoms with Crippen LogP contribution in [-0.2, 0) is 9.59 Å². The maximum atomic E-state index is 11.8. The molecule has 0 fully saturated rings. The second kappa shape index (κ2) is 6.98. The number of nitro groups is 1. The van der Waals surface area contributed by atoms with Gasteiger partial charge < -0.3 is 15.5 Å². The summed E-state index contributed by atoms with van der Waals surface area (Å²) in [5.74, 6) is -3.39. The number of rotatable bonds is 7. The molecule has 1 aromatic rings. The standard InChI is InChI=1S/C12H12N2O7/c15-10(16)5-4-9(12(18)19)13-11(17)7-2-1-3-8(6-7)14(20)21/h1-3,6,9H,4-5H2,(H,13,17)(H,15,16)(H,18,19)/t9-/m0/s1. The Kier molecular flexibility index (Phi) is 5.35. The van der Waals surface area contributed by atoms with Gasteiger partial charge in [0, 0.05) is 24.1 Å². The molecule has 3 N–H and O–H groups in total. The van der Waals surface area contributed by atoms with Crippen LogP contribution in [0.2, 0.25) is 0 Å². The number of carbonyl (C=O) groups excluding carboxylic acids is 1. The number of carbonyl (C=O) groups is 3. The molecule has 1 amide bonds. The lowest BCUT2D eigenvalue weighted by Gasteiger charge is -2.13. The van der Waals surface area contributed by atoms with E-state index in [1.165, 1.54) is 18.2 Å².